The van der Waals surface area contributed by atoms with Crippen molar-refractivity contribution in [3.8, 4) is 10.6 Å². The number of nitrogens with one attached hydrogen (secondary N) is 2. The third-order valence-electron chi connectivity index (χ3n) is 4.80. The van der Waals surface area contributed by atoms with Crippen LogP contribution in [-0.4, -0.2) is 33.0 Å². The van der Waals surface area contributed by atoms with Crippen molar-refractivity contribution in [3.05, 3.63) is 75.9 Å². The summed E-state index contributed by atoms with van der Waals surface area (Å²) in [4.78, 5) is 32.6. The van der Waals surface area contributed by atoms with Gasteiger partial charge in [-0.1, -0.05) is 41.9 Å². The van der Waals surface area contributed by atoms with Crippen molar-refractivity contribution in [2.45, 2.75) is 19.4 Å². The minimum atomic E-state index is -1.09. The Balaban J connectivity index is 1.55. The van der Waals surface area contributed by atoms with Crippen LogP contribution >= 0.6 is 22.9 Å². The van der Waals surface area contributed by atoms with Crippen LogP contribution in [0, 0.1) is 6.92 Å². The van der Waals surface area contributed by atoms with Crippen molar-refractivity contribution in [1.29, 1.82) is 0 Å². The molecule has 4 rings (SSSR count). The van der Waals surface area contributed by atoms with E-state index >= 15 is 0 Å². The summed E-state index contributed by atoms with van der Waals surface area (Å²) in [6.45, 7) is 1.74. The smallest absolute Gasteiger partial charge is 0.326 e. The first kappa shape index (κ1) is 20.1. The van der Waals surface area contributed by atoms with Crippen LogP contribution in [0.2, 0.25) is 5.02 Å². The van der Waals surface area contributed by atoms with Gasteiger partial charge in [-0.05, 0) is 30.7 Å². The maximum atomic E-state index is 12.8. The molecule has 1 unspecified atom stereocenters. The zero-order valence-electron chi connectivity index (χ0n) is 16.0. The van der Waals surface area contributed by atoms with Gasteiger partial charge >= 0.3 is 5.97 Å². The summed E-state index contributed by atoms with van der Waals surface area (Å²) in [6, 6.07) is 13.8. The Bertz CT molecular complexity index is 1230. The van der Waals surface area contributed by atoms with Gasteiger partial charge in [-0.3, -0.25) is 4.79 Å². The average Bonchev–Trinajstić information content (AvgIpc) is 3.32. The second kappa shape index (κ2) is 8.30. The number of amides is 1. The van der Waals surface area contributed by atoms with Gasteiger partial charge < -0.3 is 15.4 Å². The van der Waals surface area contributed by atoms with Crippen molar-refractivity contribution in [1.82, 2.24) is 15.3 Å². The molecule has 30 heavy (non-hydrogen) atoms. The Labute approximate surface area is 181 Å². The number of benzene rings is 2. The van der Waals surface area contributed by atoms with E-state index in [4.69, 9.17) is 11.6 Å². The molecule has 4 aromatic rings. The number of hydrogen-bond donors (Lipinski definition) is 3. The second-order valence-electron chi connectivity index (χ2n) is 6.87. The van der Waals surface area contributed by atoms with E-state index in [9.17, 15) is 14.7 Å². The maximum Gasteiger partial charge on any atom is 0.326 e. The standard InChI is InChI=1S/C22H18ClN3O3S/c1-12-19(30-21(25-12)13-6-8-15(23)9-7-13)20(27)26-18(22(28)29)10-14-11-24-17-5-3-2-4-16(14)17/h2-9,11,18,24H,10H2,1H3,(H,26,27)(H,28,29). The molecule has 0 aliphatic carbocycles. The lowest BCUT2D eigenvalue weighted by molar-refractivity contribution is -0.139. The van der Waals surface area contributed by atoms with E-state index in [2.05, 4.69) is 15.3 Å². The van der Waals surface area contributed by atoms with Crippen LogP contribution < -0.4 is 5.32 Å². The van der Waals surface area contributed by atoms with Crippen LogP contribution in [0.15, 0.2) is 54.7 Å². The molecule has 0 fully saturated rings. The van der Waals surface area contributed by atoms with Gasteiger partial charge in [0.15, 0.2) is 0 Å². The molecule has 0 spiro atoms. The van der Waals surface area contributed by atoms with Crippen molar-refractivity contribution in [3.63, 3.8) is 0 Å². The molecule has 1 atom stereocenters. The third kappa shape index (κ3) is 4.08. The van der Waals surface area contributed by atoms with E-state index in [0.717, 1.165) is 22.0 Å². The Hall–Kier alpha value is -3.16. The molecule has 0 bridgehead atoms. The van der Waals surface area contributed by atoms with E-state index in [-0.39, 0.29) is 6.42 Å². The lowest BCUT2D eigenvalue weighted by atomic mass is 10.0. The molecule has 2 heterocycles. The minimum Gasteiger partial charge on any atom is -0.480 e. The summed E-state index contributed by atoms with van der Waals surface area (Å²) in [5.41, 5.74) is 3.16. The number of carboxylic acids is 1. The Kier molecular flexibility index (Phi) is 5.57. The van der Waals surface area contributed by atoms with E-state index in [1.165, 1.54) is 11.3 Å². The number of thiazole rings is 1. The van der Waals surface area contributed by atoms with Crippen molar-refractivity contribution in [2.75, 3.05) is 0 Å². The van der Waals surface area contributed by atoms with Crippen LogP contribution in [0.3, 0.4) is 0 Å². The van der Waals surface area contributed by atoms with Crippen LogP contribution in [0.5, 0.6) is 0 Å². The number of nitrogens with zero attached hydrogens (tertiary/aromatic N) is 1. The predicted molar refractivity (Wildman–Crippen MR) is 118 cm³/mol. The summed E-state index contributed by atoms with van der Waals surface area (Å²) < 4.78 is 0. The number of para-hydroxylation sites is 1. The van der Waals surface area contributed by atoms with Gasteiger partial charge in [0, 0.05) is 34.1 Å². The normalized spacial score (nSPS) is 12.1. The largest absolute Gasteiger partial charge is 0.480 e. The summed E-state index contributed by atoms with van der Waals surface area (Å²) in [6.07, 6.45) is 1.95. The molecule has 0 radical (unpaired) electrons. The summed E-state index contributed by atoms with van der Waals surface area (Å²) in [7, 11) is 0. The molecule has 6 nitrogen and oxygen atoms in total. The average molecular weight is 440 g/mol. The molecule has 0 aliphatic rings. The first-order valence-electron chi connectivity index (χ1n) is 9.24. The lowest BCUT2D eigenvalue weighted by Gasteiger charge is -2.13. The maximum absolute atomic E-state index is 12.8. The molecule has 0 saturated heterocycles. The van der Waals surface area contributed by atoms with Crippen molar-refractivity contribution < 1.29 is 14.7 Å². The number of rotatable bonds is 6. The SMILES string of the molecule is Cc1nc(-c2ccc(Cl)cc2)sc1C(=O)NC(Cc1c[nH]c2ccccc12)C(=O)O. The Morgan fingerprint density at radius 1 is 1.20 bits per heavy atom. The molecular weight excluding hydrogens is 422 g/mol. The monoisotopic (exact) mass is 439 g/mol. The number of aliphatic carboxylic acids is 1. The zero-order chi connectivity index (χ0) is 21.3. The molecular formula is C22H18ClN3O3S. The highest BCUT2D eigenvalue weighted by atomic mass is 35.5. The van der Waals surface area contributed by atoms with Gasteiger partial charge in [0.05, 0.1) is 5.69 Å². The van der Waals surface area contributed by atoms with Gasteiger partial charge in [-0.2, -0.15) is 0 Å². The summed E-state index contributed by atoms with van der Waals surface area (Å²) >= 11 is 7.15. The Morgan fingerprint density at radius 3 is 2.67 bits per heavy atom. The predicted octanol–water partition coefficient (Wildman–Crippen LogP) is 4.68. The summed E-state index contributed by atoms with van der Waals surface area (Å²) in [5, 5.41) is 14.6. The van der Waals surface area contributed by atoms with Crippen LogP contribution in [-0.2, 0) is 11.2 Å². The molecule has 2 aromatic carbocycles. The molecule has 0 saturated carbocycles. The van der Waals surface area contributed by atoms with Crippen molar-refractivity contribution in [2.24, 2.45) is 0 Å². The highest BCUT2D eigenvalue weighted by Crippen LogP contribution is 2.29. The van der Waals surface area contributed by atoms with E-state index in [0.29, 0.717) is 20.6 Å². The number of aryl methyl sites for hydroxylation is 1. The van der Waals surface area contributed by atoms with Gasteiger partial charge in [0.25, 0.3) is 5.91 Å². The quantitative estimate of drug-likeness (QED) is 0.406. The topological polar surface area (TPSA) is 95.1 Å². The molecule has 1 amide bonds. The summed E-state index contributed by atoms with van der Waals surface area (Å²) in [5.74, 6) is -1.54. The number of carbonyl (C=O) groups excluding carboxylic acids is 1. The fourth-order valence-electron chi connectivity index (χ4n) is 3.27. The van der Waals surface area contributed by atoms with Gasteiger partial charge in [0.1, 0.15) is 15.9 Å². The van der Waals surface area contributed by atoms with Gasteiger partial charge in [-0.15, -0.1) is 11.3 Å². The fraction of sp³-hybridized carbons (Fsp3) is 0.136. The van der Waals surface area contributed by atoms with Gasteiger partial charge in [0.2, 0.25) is 0 Å². The number of fused-ring (bicyclic) bond motifs is 1. The zero-order valence-corrected chi connectivity index (χ0v) is 17.6. The first-order valence-corrected chi connectivity index (χ1v) is 10.4. The van der Waals surface area contributed by atoms with Crippen molar-refractivity contribution >= 4 is 45.7 Å². The molecule has 0 aliphatic heterocycles. The molecule has 2 aromatic heterocycles. The van der Waals surface area contributed by atoms with Crippen LogP contribution in [0.25, 0.3) is 21.5 Å². The number of aromatic nitrogens is 2. The second-order valence-corrected chi connectivity index (χ2v) is 8.30. The number of carbonyl (C=O) groups is 2. The Morgan fingerprint density at radius 2 is 1.93 bits per heavy atom. The van der Waals surface area contributed by atoms with Crippen LogP contribution in [0.1, 0.15) is 20.9 Å². The van der Waals surface area contributed by atoms with E-state index < -0.39 is 17.9 Å². The number of carboxylic acid groups (broad SMARTS) is 1. The third-order valence-corrected chi connectivity index (χ3v) is 6.25. The first-order chi connectivity index (χ1) is 14.4. The highest BCUT2D eigenvalue weighted by Gasteiger charge is 2.25. The molecule has 3 N–H and O–H groups in total. The molecule has 8 heteroatoms. The van der Waals surface area contributed by atoms with Crippen LogP contribution in [0.4, 0.5) is 0 Å². The molecule has 152 valence electrons. The number of halogens is 1. The fourth-order valence-corrected chi connectivity index (χ4v) is 4.37. The van der Waals surface area contributed by atoms with Gasteiger partial charge in [-0.25, -0.2) is 9.78 Å². The number of hydrogen-bond acceptors (Lipinski definition) is 4. The lowest BCUT2D eigenvalue weighted by Crippen LogP contribution is -2.42. The highest BCUT2D eigenvalue weighted by molar-refractivity contribution is 7.17. The number of H-pyrrole nitrogens is 1. The van der Waals surface area contributed by atoms with E-state index in [1.54, 1.807) is 25.3 Å². The number of aromatic amines is 1. The van der Waals surface area contributed by atoms with E-state index in [1.807, 2.05) is 36.4 Å². The minimum absolute atomic E-state index is 0.174.